The quantitative estimate of drug-likeness (QED) is 0.785. The van der Waals surface area contributed by atoms with E-state index >= 15 is 0 Å². The number of hydrogen-bond donors (Lipinski definition) is 1. The fourth-order valence-corrected chi connectivity index (χ4v) is 4.02. The number of aromatic nitrogens is 3. The van der Waals surface area contributed by atoms with Crippen LogP contribution in [0.2, 0.25) is 0 Å². The van der Waals surface area contributed by atoms with Crippen LogP contribution in [0.4, 0.5) is 0 Å². The number of nitrogens with zero attached hydrogens (tertiary/aromatic N) is 3. The molecule has 5 nitrogen and oxygen atoms in total. The van der Waals surface area contributed by atoms with E-state index in [-0.39, 0.29) is 5.91 Å². The highest BCUT2D eigenvalue weighted by Crippen LogP contribution is 2.29. The molecule has 1 aliphatic rings. The molecule has 0 saturated carbocycles. The van der Waals surface area contributed by atoms with Crippen molar-refractivity contribution >= 4 is 28.1 Å². The number of benzene rings is 1. The molecule has 1 aromatic carbocycles. The third kappa shape index (κ3) is 2.74. The second kappa shape index (κ2) is 5.77. The Labute approximate surface area is 138 Å². The van der Waals surface area contributed by atoms with Crippen molar-refractivity contribution < 1.29 is 4.79 Å². The number of fused-ring (bicyclic) bond motifs is 1. The van der Waals surface area contributed by atoms with Gasteiger partial charge in [-0.15, -0.1) is 21.5 Å². The van der Waals surface area contributed by atoms with Gasteiger partial charge in [-0.2, -0.15) is 0 Å². The van der Waals surface area contributed by atoms with Gasteiger partial charge in [0.15, 0.2) is 0 Å². The number of carbonyl (C=O) groups excluding carboxylic acids is 1. The summed E-state index contributed by atoms with van der Waals surface area (Å²) in [5, 5.41) is 11.5. The molecule has 0 radical (unpaired) electrons. The Morgan fingerprint density at radius 2 is 2.22 bits per heavy atom. The van der Waals surface area contributed by atoms with Crippen molar-refractivity contribution in [2.75, 3.05) is 13.1 Å². The summed E-state index contributed by atoms with van der Waals surface area (Å²) in [6, 6.07) is 9.91. The molecule has 4 rings (SSSR count). The van der Waals surface area contributed by atoms with E-state index in [9.17, 15) is 4.79 Å². The van der Waals surface area contributed by atoms with Gasteiger partial charge < -0.3 is 9.88 Å². The molecule has 2 aromatic heterocycles. The highest BCUT2D eigenvalue weighted by molar-refractivity contribution is 7.11. The number of carbonyl (C=O) groups is 1. The first-order valence-corrected chi connectivity index (χ1v) is 8.69. The molecule has 0 aliphatic carbocycles. The third-order valence-electron chi connectivity index (χ3n) is 4.36. The SMILES string of the molecule is Cc1nnc([C@@H]2CCCN(C(=O)c3cc4ccccc4[nH]3)C2)s1. The summed E-state index contributed by atoms with van der Waals surface area (Å²) in [6.07, 6.45) is 2.08. The first-order valence-electron chi connectivity index (χ1n) is 7.88. The number of nitrogens with one attached hydrogen (secondary N) is 1. The fourth-order valence-electron chi connectivity index (χ4n) is 3.20. The minimum atomic E-state index is 0.0761. The average molecular weight is 326 g/mol. The Morgan fingerprint density at radius 1 is 1.35 bits per heavy atom. The molecule has 0 bridgehead atoms. The molecule has 118 valence electrons. The molecule has 1 N–H and O–H groups in total. The van der Waals surface area contributed by atoms with Crippen LogP contribution in [-0.2, 0) is 0 Å². The number of amides is 1. The minimum Gasteiger partial charge on any atom is -0.351 e. The Balaban J connectivity index is 1.55. The summed E-state index contributed by atoms with van der Waals surface area (Å²) in [7, 11) is 0. The Hall–Kier alpha value is -2.21. The summed E-state index contributed by atoms with van der Waals surface area (Å²) < 4.78 is 0. The van der Waals surface area contributed by atoms with Crippen LogP contribution in [0.3, 0.4) is 0 Å². The molecule has 0 unspecified atom stereocenters. The van der Waals surface area contributed by atoms with E-state index in [2.05, 4.69) is 15.2 Å². The number of hydrogen-bond acceptors (Lipinski definition) is 4. The number of piperidine rings is 1. The van der Waals surface area contributed by atoms with Gasteiger partial charge >= 0.3 is 0 Å². The first kappa shape index (κ1) is 14.4. The van der Waals surface area contributed by atoms with Gasteiger partial charge in [0.05, 0.1) is 0 Å². The van der Waals surface area contributed by atoms with E-state index in [0.29, 0.717) is 11.6 Å². The number of likely N-dealkylation sites (tertiary alicyclic amines) is 1. The zero-order valence-electron chi connectivity index (χ0n) is 13.0. The van der Waals surface area contributed by atoms with Crippen LogP contribution in [0.1, 0.15) is 39.3 Å². The molecule has 1 atom stereocenters. The second-order valence-corrected chi connectivity index (χ2v) is 7.23. The van der Waals surface area contributed by atoms with Gasteiger partial charge in [0.25, 0.3) is 5.91 Å². The Bertz CT molecular complexity index is 820. The van der Waals surface area contributed by atoms with Crippen molar-refractivity contribution in [3.05, 3.63) is 46.0 Å². The van der Waals surface area contributed by atoms with E-state index < -0.39 is 0 Å². The number of H-pyrrole nitrogens is 1. The molecule has 23 heavy (non-hydrogen) atoms. The predicted molar refractivity (Wildman–Crippen MR) is 90.8 cm³/mol. The van der Waals surface area contributed by atoms with Crippen LogP contribution >= 0.6 is 11.3 Å². The molecule has 3 heterocycles. The van der Waals surface area contributed by atoms with Crippen molar-refractivity contribution in [2.45, 2.75) is 25.7 Å². The number of para-hydroxylation sites is 1. The minimum absolute atomic E-state index is 0.0761. The standard InChI is InChI=1S/C17H18N4OS/c1-11-19-20-16(23-11)13-6-4-8-21(10-13)17(22)15-9-12-5-2-3-7-14(12)18-15/h2-3,5,7,9,13,18H,4,6,8,10H2,1H3/t13-/m1/s1. The van der Waals surface area contributed by atoms with E-state index in [1.54, 1.807) is 11.3 Å². The number of aryl methyl sites for hydroxylation is 1. The maximum Gasteiger partial charge on any atom is 0.270 e. The van der Waals surface area contributed by atoms with Gasteiger partial charge in [-0.05, 0) is 31.9 Å². The normalized spacial score (nSPS) is 18.5. The van der Waals surface area contributed by atoms with Gasteiger partial charge in [0.1, 0.15) is 15.7 Å². The number of aromatic amines is 1. The molecule has 6 heteroatoms. The molecule has 1 fully saturated rings. The van der Waals surface area contributed by atoms with Crippen molar-refractivity contribution in [1.29, 1.82) is 0 Å². The largest absolute Gasteiger partial charge is 0.351 e. The van der Waals surface area contributed by atoms with Crippen LogP contribution < -0.4 is 0 Å². The van der Waals surface area contributed by atoms with E-state index in [1.807, 2.05) is 42.2 Å². The van der Waals surface area contributed by atoms with Crippen LogP contribution in [-0.4, -0.2) is 39.1 Å². The lowest BCUT2D eigenvalue weighted by atomic mass is 9.98. The number of rotatable bonds is 2. The summed E-state index contributed by atoms with van der Waals surface area (Å²) in [5.74, 6) is 0.385. The molecular formula is C17H18N4OS. The first-order chi connectivity index (χ1) is 11.2. The molecule has 1 aliphatic heterocycles. The Kier molecular flexibility index (Phi) is 3.61. The summed E-state index contributed by atoms with van der Waals surface area (Å²) >= 11 is 1.64. The molecular weight excluding hydrogens is 308 g/mol. The zero-order chi connectivity index (χ0) is 15.8. The van der Waals surface area contributed by atoms with Crippen LogP contribution in [0.5, 0.6) is 0 Å². The van der Waals surface area contributed by atoms with Crippen molar-refractivity contribution in [3.63, 3.8) is 0 Å². The smallest absolute Gasteiger partial charge is 0.270 e. The van der Waals surface area contributed by atoms with Crippen LogP contribution in [0.15, 0.2) is 30.3 Å². The molecule has 3 aromatic rings. The second-order valence-electron chi connectivity index (χ2n) is 6.02. The molecule has 1 amide bonds. The fraction of sp³-hybridized carbons (Fsp3) is 0.353. The summed E-state index contributed by atoms with van der Waals surface area (Å²) in [6.45, 7) is 3.50. The summed E-state index contributed by atoms with van der Waals surface area (Å²) in [5.41, 5.74) is 1.67. The van der Waals surface area contributed by atoms with Gasteiger partial charge in [-0.25, -0.2) is 0 Å². The van der Waals surface area contributed by atoms with Crippen molar-refractivity contribution in [2.24, 2.45) is 0 Å². The van der Waals surface area contributed by atoms with E-state index in [4.69, 9.17) is 0 Å². The van der Waals surface area contributed by atoms with Gasteiger partial charge in [-0.1, -0.05) is 18.2 Å². The van der Waals surface area contributed by atoms with Gasteiger partial charge in [0.2, 0.25) is 0 Å². The van der Waals surface area contributed by atoms with Gasteiger partial charge in [-0.3, -0.25) is 4.79 Å². The third-order valence-corrected chi connectivity index (χ3v) is 5.36. The maximum atomic E-state index is 12.8. The van der Waals surface area contributed by atoms with Gasteiger partial charge in [0, 0.05) is 29.9 Å². The lowest BCUT2D eigenvalue weighted by Gasteiger charge is -2.31. The Morgan fingerprint density at radius 3 is 3.00 bits per heavy atom. The zero-order valence-corrected chi connectivity index (χ0v) is 13.8. The average Bonchev–Trinajstić information content (AvgIpc) is 3.20. The van der Waals surface area contributed by atoms with Crippen LogP contribution in [0, 0.1) is 6.92 Å². The van der Waals surface area contributed by atoms with Crippen molar-refractivity contribution in [3.8, 4) is 0 Å². The van der Waals surface area contributed by atoms with Crippen molar-refractivity contribution in [1.82, 2.24) is 20.1 Å². The highest BCUT2D eigenvalue weighted by atomic mass is 32.1. The summed E-state index contributed by atoms with van der Waals surface area (Å²) in [4.78, 5) is 18.0. The lowest BCUT2D eigenvalue weighted by molar-refractivity contribution is 0.0702. The predicted octanol–water partition coefficient (Wildman–Crippen LogP) is 3.35. The highest BCUT2D eigenvalue weighted by Gasteiger charge is 2.28. The maximum absolute atomic E-state index is 12.8. The topological polar surface area (TPSA) is 61.9 Å². The molecule has 1 saturated heterocycles. The molecule has 0 spiro atoms. The van der Waals surface area contributed by atoms with E-state index in [1.165, 1.54) is 0 Å². The lowest BCUT2D eigenvalue weighted by Crippen LogP contribution is -2.39. The van der Waals surface area contributed by atoms with E-state index in [0.717, 1.165) is 46.8 Å². The monoisotopic (exact) mass is 326 g/mol. The van der Waals surface area contributed by atoms with Crippen LogP contribution in [0.25, 0.3) is 10.9 Å².